The molecule has 0 aliphatic carbocycles. The Morgan fingerprint density at radius 2 is 1.79 bits per heavy atom. The van der Waals surface area contributed by atoms with Crippen LogP contribution >= 0.6 is 0 Å². The van der Waals surface area contributed by atoms with Gasteiger partial charge in [0, 0.05) is 11.7 Å². The van der Waals surface area contributed by atoms with Crippen LogP contribution in [-0.2, 0) is 4.79 Å². The molecule has 0 spiro atoms. The van der Waals surface area contributed by atoms with Crippen LogP contribution in [0.2, 0.25) is 25.7 Å². The summed E-state index contributed by atoms with van der Waals surface area (Å²) in [6, 6.07) is 10.3. The number of amides is 1. The van der Waals surface area contributed by atoms with E-state index in [1.54, 1.807) is 0 Å². The molecular formula is C11H17NOSi. The number of carbonyl (C=O) groups excluding carboxylic acids is 1. The lowest BCUT2D eigenvalue weighted by Crippen LogP contribution is -2.27. The van der Waals surface area contributed by atoms with E-state index in [4.69, 9.17) is 0 Å². The van der Waals surface area contributed by atoms with Crippen molar-refractivity contribution in [3.05, 3.63) is 30.3 Å². The lowest BCUT2D eigenvalue weighted by molar-refractivity contribution is -0.114. The van der Waals surface area contributed by atoms with Gasteiger partial charge in [-0.05, 0) is 12.1 Å². The summed E-state index contributed by atoms with van der Waals surface area (Å²) >= 11 is 0. The molecule has 1 aromatic carbocycles. The molecule has 0 radical (unpaired) electrons. The summed E-state index contributed by atoms with van der Waals surface area (Å²) < 4.78 is 0. The Kier molecular flexibility index (Phi) is 3.47. The average molecular weight is 207 g/mol. The van der Waals surface area contributed by atoms with Crippen molar-refractivity contribution in [3.8, 4) is 0 Å². The van der Waals surface area contributed by atoms with Crippen molar-refractivity contribution in [3.63, 3.8) is 0 Å². The van der Waals surface area contributed by atoms with Gasteiger partial charge in [0.15, 0.2) is 0 Å². The van der Waals surface area contributed by atoms with Gasteiger partial charge in [-0.25, -0.2) is 0 Å². The van der Waals surface area contributed by atoms with Gasteiger partial charge < -0.3 is 5.32 Å². The zero-order valence-electron chi connectivity index (χ0n) is 9.00. The second-order valence-electron chi connectivity index (χ2n) is 4.65. The first-order chi connectivity index (χ1) is 6.47. The molecule has 0 aliphatic rings. The molecule has 0 atom stereocenters. The highest BCUT2D eigenvalue weighted by atomic mass is 28.3. The fraction of sp³-hybridized carbons (Fsp3) is 0.364. The fourth-order valence-corrected chi connectivity index (χ4v) is 2.26. The number of anilines is 1. The van der Waals surface area contributed by atoms with Crippen LogP contribution in [0, 0.1) is 0 Å². The van der Waals surface area contributed by atoms with Crippen LogP contribution in [0.15, 0.2) is 30.3 Å². The molecule has 0 heterocycles. The van der Waals surface area contributed by atoms with E-state index in [1.807, 2.05) is 30.3 Å². The number of rotatable bonds is 3. The molecular weight excluding hydrogens is 190 g/mol. The third kappa shape index (κ3) is 4.23. The summed E-state index contributed by atoms with van der Waals surface area (Å²) in [5.74, 6) is 0.135. The Morgan fingerprint density at radius 1 is 1.21 bits per heavy atom. The first-order valence-electron chi connectivity index (χ1n) is 4.82. The van der Waals surface area contributed by atoms with Crippen molar-refractivity contribution in [2.45, 2.75) is 25.7 Å². The lowest BCUT2D eigenvalue weighted by Gasteiger charge is -2.14. The Morgan fingerprint density at radius 3 is 2.29 bits per heavy atom. The summed E-state index contributed by atoms with van der Waals surface area (Å²) in [7, 11) is -1.29. The van der Waals surface area contributed by atoms with E-state index in [0.29, 0.717) is 6.04 Å². The van der Waals surface area contributed by atoms with E-state index in [2.05, 4.69) is 25.0 Å². The van der Waals surface area contributed by atoms with Crippen LogP contribution in [0.25, 0.3) is 0 Å². The van der Waals surface area contributed by atoms with E-state index in [1.165, 1.54) is 0 Å². The van der Waals surface area contributed by atoms with Crippen molar-refractivity contribution in [2.75, 3.05) is 5.32 Å². The number of benzene rings is 1. The molecule has 1 N–H and O–H groups in total. The number of nitrogens with one attached hydrogen (secondary N) is 1. The second-order valence-corrected chi connectivity index (χ2v) is 10.1. The maximum Gasteiger partial charge on any atom is 0.221 e. The first kappa shape index (κ1) is 11.0. The molecule has 1 amide bonds. The Bertz CT molecular complexity index is 303. The molecule has 3 heteroatoms. The molecule has 0 bridgehead atoms. The summed E-state index contributed by atoms with van der Waals surface area (Å²) in [6.45, 7) is 6.58. The number of hydrogen-bond donors (Lipinski definition) is 1. The third-order valence-corrected chi connectivity index (χ3v) is 3.13. The van der Waals surface area contributed by atoms with Gasteiger partial charge in [0.25, 0.3) is 0 Å². The van der Waals surface area contributed by atoms with Crippen LogP contribution in [-0.4, -0.2) is 14.0 Å². The number of carbonyl (C=O) groups is 1. The fourth-order valence-electron chi connectivity index (χ4n) is 1.21. The number of hydrogen-bond acceptors (Lipinski definition) is 1. The quantitative estimate of drug-likeness (QED) is 0.759. The van der Waals surface area contributed by atoms with Gasteiger partial charge in [0.05, 0.1) is 8.07 Å². The molecule has 0 aromatic heterocycles. The standard InChI is InChI=1S/C11H17NOSi/c1-14(2,3)9-11(13)12-10-7-5-4-6-8-10/h4-8H,9H2,1-3H3,(H,12,13). The highest BCUT2D eigenvalue weighted by Crippen LogP contribution is 2.11. The van der Waals surface area contributed by atoms with Crippen molar-refractivity contribution < 1.29 is 4.79 Å². The Balaban J connectivity index is 2.50. The maximum absolute atomic E-state index is 11.6. The van der Waals surface area contributed by atoms with Crippen LogP contribution in [0.5, 0.6) is 0 Å². The van der Waals surface area contributed by atoms with Gasteiger partial charge in [-0.3, -0.25) is 4.79 Å². The molecule has 0 fully saturated rings. The van der Waals surface area contributed by atoms with Gasteiger partial charge in [-0.15, -0.1) is 0 Å². The van der Waals surface area contributed by atoms with Crippen LogP contribution in [0.1, 0.15) is 0 Å². The zero-order chi connectivity index (χ0) is 10.6. The second kappa shape index (κ2) is 4.42. The normalized spacial score (nSPS) is 11.1. The topological polar surface area (TPSA) is 29.1 Å². The van der Waals surface area contributed by atoms with E-state index < -0.39 is 8.07 Å². The Hall–Kier alpha value is -1.09. The summed E-state index contributed by atoms with van der Waals surface area (Å²) in [5, 5.41) is 2.89. The Labute approximate surface area is 86.3 Å². The van der Waals surface area contributed by atoms with Crippen LogP contribution in [0.3, 0.4) is 0 Å². The minimum atomic E-state index is -1.29. The molecule has 0 aliphatic heterocycles. The monoisotopic (exact) mass is 207 g/mol. The minimum absolute atomic E-state index is 0.135. The highest BCUT2D eigenvalue weighted by Gasteiger charge is 2.17. The molecule has 14 heavy (non-hydrogen) atoms. The van der Waals surface area contributed by atoms with Crippen LogP contribution < -0.4 is 5.32 Å². The zero-order valence-corrected chi connectivity index (χ0v) is 10.0. The summed E-state index contributed by atoms with van der Waals surface area (Å²) in [5.41, 5.74) is 0.885. The molecule has 0 saturated heterocycles. The maximum atomic E-state index is 11.6. The van der Waals surface area contributed by atoms with Gasteiger partial charge in [-0.1, -0.05) is 37.8 Å². The molecule has 0 unspecified atom stereocenters. The summed E-state index contributed by atoms with van der Waals surface area (Å²) in [4.78, 5) is 11.6. The van der Waals surface area contributed by atoms with Crippen molar-refractivity contribution in [2.24, 2.45) is 0 Å². The van der Waals surface area contributed by atoms with Gasteiger partial charge in [0.2, 0.25) is 5.91 Å². The van der Waals surface area contributed by atoms with Gasteiger partial charge in [0.1, 0.15) is 0 Å². The van der Waals surface area contributed by atoms with Crippen molar-refractivity contribution >= 4 is 19.7 Å². The van der Waals surface area contributed by atoms with E-state index in [0.717, 1.165) is 5.69 Å². The van der Waals surface area contributed by atoms with E-state index in [9.17, 15) is 4.79 Å². The SMILES string of the molecule is C[Si](C)(C)CC(=O)Nc1ccccc1. The predicted octanol–water partition coefficient (Wildman–Crippen LogP) is 2.96. The minimum Gasteiger partial charge on any atom is -0.326 e. The smallest absolute Gasteiger partial charge is 0.221 e. The predicted molar refractivity (Wildman–Crippen MR) is 63.2 cm³/mol. The third-order valence-electron chi connectivity index (χ3n) is 1.75. The number of para-hydroxylation sites is 1. The largest absolute Gasteiger partial charge is 0.326 e. The van der Waals surface area contributed by atoms with E-state index >= 15 is 0 Å². The van der Waals surface area contributed by atoms with E-state index in [-0.39, 0.29) is 5.91 Å². The molecule has 1 aromatic rings. The molecule has 1 rings (SSSR count). The van der Waals surface area contributed by atoms with Crippen LogP contribution in [0.4, 0.5) is 5.69 Å². The van der Waals surface area contributed by atoms with Gasteiger partial charge in [-0.2, -0.15) is 0 Å². The molecule has 2 nitrogen and oxygen atoms in total. The van der Waals surface area contributed by atoms with Crippen molar-refractivity contribution in [1.29, 1.82) is 0 Å². The first-order valence-corrected chi connectivity index (χ1v) is 8.53. The molecule has 76 valence electrons. The van der Waals surface area contributed by atoms with Gasteiger partial charge >= 0.3 is 0 Å². The molecule has 0 saturated carbocycles. The lowest BCUT2D eigenvalue weighted by atomic mass is 10.3. The summed E-state index contributed by atoms with van der Waals surface area (Å²) in [6.07, 6.45) is 0. The van der Waals surface area contributed by atoms with Crippen molar-refractivity contribution in [1.82, 2.24) is 0 Å². The highest BCUT2D eigenvalue weighted by molar-refractivity contribution is 6.79. The average Bonchev–Trinajstić information content (AvgIpc) is 2.02.